The molecule has 2 rings (SSSR count). The highest BCUT2D eigenvalue weighted by Crippen LogP contribution is 2.25. The Morgan fingerprint density at radius 3 is 1.42 bits per heavy atom. The van der Waals surface area contributed by atoms with Crippen LogP contribution in [0.1, 0.15) is 56.8 Å². The standard InChI is InChI=1S/C12H17NO2.C10H12O3.C2H7N/c1-5-13-12(14)10-6-8(2)11(15-4)9(3)7-10;1-6-4-8(10(11)12)5-7(2)9(6)13-3;1-2-3/h6-7H,5H2,1-4H3,(H,13,14);4-5H,1-3H3,(H,11,12);2-3H2,1H3. The van der Waals surface area contributed by atoms with Crippen LogP contribution < -0.4 is 20.5 Å². The number of aromatic carboxylic acids is 1. The quantitative estimate of drug-likeness (QED) is 0.658. The second-order valence-corrected chi connectivity index (χ2v) is 6.86. The largest absolute Gasteiger partial charge is 0.496 e. The van der Waals surface area contributed by atoms with Crippen molar-refractivity contribution in [3.63, 3.8) is 0 Å². The molecule has 0 bridgehead atoms. The molecule has 0 aliphatic heterocycles. The zero-order chi connectivity index (χ0) is 24.1. The normalized spacial score (nSPS) is 9.45. The first-order chi connectivity index (χ1) is 14.6. The first-order valence-electron chi connectivity index (χ1n) is 10.1. The van der Waals surface area contributed by atoms with Gasteiger partial charge in [0.1, 0.15) is 11.5 Å². The highest BCUT2D eigenvalue weighted by molar-refractivity contribution is 5.94. The van der Waals surface area contributed by atoms with Crippen LogP contribution in [0.2, 0.25) is 0 Å². The van der Waals surface area contributed by atoms with Crippen LogP contribution in [0.3, 0.4) is 0 Å². The Labute approximate surface area is 185 Å². The fourth-order valence-corrected chi connectivity index (χ4v) is 3.06. The zero-order valence-electron chi connectivity index (χ0n) is 19.9. The molecule has 0 aliphatic carbocycles. The zero-order valence-corrected chi connectivity index (χ0v) is 19.9. The van der Waals surface area contributed by atoms with Crippen LogP contribution in [-0.2, 0) is 0 Å². The minimum Gasteiger partial charge on any atom is -0.496 e. The maximum absolute atomic E-state index is 11.6. The van der Waals surface area contributed by atoms with E-state index in [4.69, 9.17) is 20.3 Å². The van der Waals surface area contributed by atoms with Gasteiger partial charge in [-0.3, -0.25) is 4.79 Å². The first-order valence-corrected chi connectivity index (χ1v) is 10.1. The monoisotopic (exact) mass is 432 g/mol. The summed E-state index contributed by atoms with van der Waals surface area (Å²) in [5.74, 6) is 0.660. The fourth-order valence-electron chi connectivity index (χ4n) is 3.06. The Morgan fingerprint density at radius 1 is 0.839 bits per heavy atom. The third-order valence-electron chi connectivity index (χ3n) is 4.18. The van der Waals surface area contributed by atoms with Gasteiger partial charge in [-0.1, -0.05) is 6.92 Å². The van der Waals surface area contributed by atoms with Gasteiger partial charge < -0.3 is 25.6 Å². The lowest BCUT2D eigenvalue weighted by Crippen LogP contribution is -2.22. The maximum Gasteiger partial charge on any atom is 0.335 e. The molecule has 2 aromatic rings. The van der Waals surface area contributed by atoms with Crippen LogP contribution in [-0.4, -0.2) is 44.3 Å². The van der Waals surface area contributed by atoms with Gasteiger partial charge in [0, 0.05) is 12.1 Å². The van der Waals surface area contributed by atoms with E-state index in [-0.39, 0.29) is 5.91 Å². The summed E-state index contributed by atoms with van der Waals surface area (Å²) >= 11 is 0. The predicted molar refractivity (Wildman–Crippen MR) is 125 cm³/mol. The molecule has 0 saturated carbocycles. The molecule has 0 atom stereocenters. The number of rotatable bonds is 5. The lowest BCUT2D eigenvalue weighted by atomic mass is 10.1. The molecule has 172 valence electrons. The summed E-state index contributed by atoms with van der Waals surface area (Å²) < 4.78 is 10.4. The van der Waals surface area contributed by atoms with Gasteiger partial charge in [0.25, 0.3) is 5.91 Å². The minimum absolute atomic E-state index is 0.0358. The molecule has 0 aromatic heterocycles. The van der Waals surface area contributed by atoms with Crippen LogP contribution in [0.25, 0.3) is 0 Å². The van der Waals surface area contributed by atoms with Crippen molar-refractivity contribution in [2.24, 2.45) is 5.73 Å². The minimum atomic E-state index is -0.908. The topological polar surface area (TPSA) is 111 Å². The molecule has 2 aromatic carbocycles. The number of methoxy groups -OCH3 is 2. The van der Waals surface area contributed by atoms with Crippen LogP contribution in [0, 0.1) is 27.7 Å². The number of carbonyl (C=O) groups is 2. The van der Waals surface area contributed by atoms with Crippen molar-refractivity contribution < 1.29 is 24.2 Å². The summed E-state index contributed by atoms with van der Waals surface area (Å²) in [4.78, 5) is 22.3. The molecule has 7 nitrogen and oxygen atoms in total. The molecule has 4 N–H and O–H groups in total. The van der Waals surface area contributed by atoms with Crippen molar-refractivity contribution in [2.75, 3.05) is 27.3 Å². The van der Waals surface area contributed by atoms with E-state index in [1.807, 2.05) is 53.7 Å². The Balaban J connectivity index is 0.000000519. The van der Waals surface area contributed by atoms with Gasteiger partial charge in [0.05, 0.1) is 19.8 Å². The summed E-state index contributed by atoms with van der Waals surface area (Å²) in [5, 5.41) is 11.5. The van der Waals surface area contributed by atoms with Gasteiger partial charge in [-0.15, -0.1) is 0 Å². The third-order valence-corrected chi connectivity index (χ3v) is 4.18. The molecule has 0 spiro atoms. The third kappa shape index (κ3) is 8.68. The number of hydrogen-bond donors (Lipinski definition) is 3. The van der Waals surface area contributed by atoms with Crippen molar-refractivity contribution >= 4 is 11.9 Å². The van der Waals surface area contributed by atoms with Gasteiger partial charge >= 0.3 is 5.97 Å². The molecule has 7 heteroatoms. The number of benzene rings is 2. The van der Waals surface area contributed by atoms with E-state index in [0.29, 0.717) is 17.7 Å². The Bertz CT molecular complexity index is 832. The van der Waals surface area contributed by atoms with E-state index in [9.17, 15) is 9.59 Å². The Kier molecular flexibility index (Phi) is 12.6. The van der Waals surface area contributed by atoms with Crippen LogP contribution in [0.5, 0.6) is 11.5 Å². The van der Waals surface area contributed by atoms with Crippen LogP contribution in [0.15, 0.2) is 24.3 Å². The van der Waals surface area contributed by atoms with Gasteiger partial charge in [0.15, 0.2) is 0 Å². The van der Waals surface area contributed by atoms with Gasteiger partial charge in [-0.05, 0) is 87.7 Å². The molecule has 0 aliphatic rings. The molecule has 31 heavy (non-hydrogen) atoms. The molecule has 0 radical (unpaired) electrons. The smallest absolute Gasteiger partial charge is 0.335 e. The number of carboxylic acids is 1. The Morgan fingerprint density at radius 2 is 1.16 bits per heavy atom. The summed E-state index contributed by atoms with van der Waals surface area (Å²) in [6, 6.07) is 6.90. The number of amides is 1. The van der Waals surface area contributed by atoms with E-state index < -0.39 is 5.97 Å². The molecule has 0 heterocycles. The van der Waals surface area contributed by atoms with Crippen molar-refractivity contribution in [1.82, 2.24) is 5.32 Å². The average Bonchev–Trinajstić information content (AvgIpc) is 2.68. The summed E-state index contributed by atoms with van der Waals surface area (Å²) in [5.41, 5.74) is 9.50. The molecule has 0 saturated heterocycles. The number of carboxylic acid groups (broad SMARTS) is 1. The van der Waals surface area contributed by atoms with E-state index in [2.05, 4.69) is 5.32 Å². The van der Waals surface area contributed by atoms with E-state index in [0.717, 1.165) is 40.3 Å². The lowest BCUT2D eigenvalue weighted by molar-refractivity contribution is 0.0696. The molecule has 1 amide bonds. The predicted octanol–water partition coefficient (Wildman–Crippen LogP) is 4.04. The second kappa shape index (κ2) is 14.0. The second-order valence-electron chi connectivity index (χ2n) is 6.86. The average molecular weight is 433 g/mol. The van der Waals surface area contributed by atoms with Crippen molar-refractivity contribution in [1.29, 1.82) is 0 Å². The van der Waals surface area contributed by atoms with E-state index in [1.165, 1.54) is 0 Å². The first kappa shape index (κ1) is 27.9. The van der Waals surface area contributed by atoms with Crippen molar-refractivity contribution in [2.45, 2.75) is 41.5 Å². The number of nitrogens with two attached hydrogens (primary N) is 1. The lowest BCUT2D eigenvalue weighted by Gasteiger charge is -2.10. The maximum atomic E-state index is 11.6. The fraction of sp³-hybridized carbons (Fsp3) is 0.417. The van der Waals surface area contributed by atoms with E-state index >= 15 is 0 Å². The van der Waals surface area contributed by atoms with Crippen LogP contribution in [0.4, 0.5) is 0 Å². The molecule has 0 unspecified atom stereocenters. The highest BCUT2D eigenvalue weighted by Gasteiger charge is 2.10. The molecule has 0 fully saturated rings. The van der Waals surface area contributed by atoms with E-state index in [1.54, 1.807) is 26.4 Å². The SMILES string of the molecule is CCN.CCNC(=O)c1cc(C)c(OC)c(C)c1.COc1c(C)cc(C(=O)O)cc1C. The number of carbonyl (C=O) groups excluding carboxylic acids is 1. The van der Waals surface area contributed by atoms with Gasteiger partial charge in [0.2, 0.25) is 0 Å². The molecular weight excluding hydrogens is 396 g/mol. The Hall–Kier alpha value is -3.06. The number of hydrogen-bond acceptors (Lipinski definition) is 5. The van der Waals surface area contributed by atoms with Gasteiger partial charge in [-0.25, -0.2) is 4.79 Å². The van der Waals surface area contributed by atoms with Crippen molar-refractivity contribution in [3.8, 4) is 11.5 Å². The number of ether oxygens (including phenoxy) is 2. The number of nitrogens with one attached hydrogen (secondary N) is 1. The summed E-state index contributed by atoms with van der Waals surface area (Å²) in [6.07, 6.45) is 0. The number of aryl methyl sites for hydroxylation is 4. The van der Waals surface area contributed by atoms with Crippen LogP contribution >= 0.6 is 0 Å². The van der Waals surface area contributed by atoms with Crippen molar-refractivity contribution in [3.05, 3.63) is 57.6 Å². The summed E-state index contributed by atoms with van der Waals surface area (Å²) in [7, 11) is 3.22. The summed E-state index contributed by atoms with van der Waals surface area (Å²) in [6.45, 7) is 12.7. The van der Waals surface area contributed by atoms with Gasteiger partial charge in [-0.2, -0.15) is 0 Å². The highest BCUT2D eigenvalue weighted by atomic mass is 16.5. The molecular formula is C24H36N2O5.